The van der Waals surface area contributed by atoms with Gasteiger partial charge in [0, 0.05) is 31.1 Å². The number of hydrogen-bond acceptors (Lipinski definition) is 2. The van der Waals surface area contributed by atoms with Gasteiger partial charge in [-0.1, -0.05) is 31.5 Å². The van der Waals surface area contributed by atoms with Crippen LogP contribution in [0.15, 0.2) is 18.2 Å². The number of halogens is 2. The number of hydrogen-bond donors (Lipinski definition) is 2. The maximum absolute atomic E-state index is 12.8. The molecule has 1 aromatic carbocycles. The SMILES string of the molecule is CC(C)CNC(=O)CCNCc1ccc(F)cc1Cl. The van der Waals surface area contributed by atoms with E-state index >= 15 is 0 Å². The molecule has 5 heteroatoms. The van der Waals surface area contributed by atoms with Crippen molar-refractivity contribution in [2.45, 2.75) is 26.8 Å². The molecule has 0 spiro atoms. The van der Waals surface area contributed by atoms with Gasteiger partial charge in [0.1, 0.15) is 5.82 Å². The van der Waals surface area contributed by atoms with Gasteiger partial charge in [0.25, 0.3) is 0 Å². The van der Waals surface area contributed by atoms with Gasteiger partial charge in [-0.15, -0.1) is 0 Å². The van der Waals surface area contributed by atoms with Crippen molar-refractivity contribution in [3.63, 3.8) is 0 Å². The fourth-order valence-electron chi connectivity index (χ4n) is 1.50. The Balaban J connectivity index is 2.22. The maximum atomic E-state index is 12.8. The first-order chi connectivity index (χ1) is 8.99. The molecule has 0 fully saturated rings. The summed E-state index contributed by atoms with van der Waals surface area (Å²) in [6, 6.07) is 4.30. The summed E-state index contributed by atoms with van der Waals surface area (Å²) in [6.07, 6.45) is 0.422. The zero-order chi connectivity index (χ0) is 14.3. The second-order valence-electron chi connectivity index (χ2n) is 4.86. The lowest BCUT2D eigenvalue weighted by molar-refractivity contribution is -0.121. The van der Waals surface area contributed by atoms with Gasteiger partial charge < -0.3 is 10.6 Å². The molecule has 1 rings (SSSR count). The zero-order valence-corrected chi connectivity index (χ0v) is 12.1. The molecule has 3 nitrogen and oxygen atoms in total. The number of carbonyl (C=O) groups excluding carboxylic acids is 1. The third-order valence-corrected chi connectivity index (χ3v) is 2.92. The highest BCUT2D eigenvalue weighted by molar-refractivity contribution is 6.31. The van der Waals surface area contributed by atoms with E-state index in [1.54, 1.807) is 6.07 Å². The van der Waals surface area contributed by atoms with Crippen LogP contribution in [0.1, 0.15) is 25.8 Å². The average Bonchev–Trinajstić information content (AvgIpc) is 2.34. The second kappa shape index (κ2) is 8.12. The molecular weight excluding hydrogens is 267 g/mol. The fourth-order valence-corrected chi connectivity index (χ4v) is 1.73. The number of carbonyl (C=O) groups is 1. The summed E-state index contributed by atoms with van der Waals surface area (Å²) in [7, 11) is 0. The van der Waals surface area contributed by atoms with Crippen molar-refractivity contribution in [3.05, 3.63) is 34.6 Å². The van der Waals surface area contributed by atoms with E-state index in [4.69, 9.17) is 11.6 Å². The van der Waals surface area contributed by atoms with Crippen LogP contribution in [-0.2, 0) is 11.3 Å². The first kappa shape index (κ1) is 15.9. The number of nitrogens with one attached hydrogen (secondary N) is 2. The largest absolute Gasteiger partial charge is 0.356 e. The molecule has 0 bridgehead atoms. The normalized spacial score (nSPS) is 10.8. The Hall–Kier alpha value is -1.13. The molecule has 0 aliphatic heterocycles. The van der Waals surface area contributed by atoms with Crippen LogP contribution in [0.25, 0.3) is 0 Å². The van der Waals surface area contributed by atoms with Crippen molar-refractivity contribution in [2.75, 3.05) is 13.1 Å². The molecule has 1 aromatic rings. The van der Waals surface area contributed by atoms with Gasteiger partial charge in [0.2, 0.25) is 5.91 Å². The van der Waals surface area contributed by atoms with Gasteiger partial charge in [-0.2, -0.15) is 0 Å². The molecule has 0 radical (unpaired) electrons. The molecule has 0 saturated heterocycles. The number of rotatable bonds is 7. The van der Waals surface area contributed by atoms with Crippen LogP contribution in [0.3, 0.4) is 0 Å². The minimum absolute atomic E-state index is 0.0337. The molecular formula is C14H20ClFN2O. The standard InChI is InChI=1S/C14H20ClFN2O/c1-10(2)8-18-14(19)5-6-17-9-11-3-4-12(16)7-13(11)15/h3-4,7,10,17H,5-6,8-9H2,1-2H3,(H,18,19). The first-order valence-electron chi connectivity index (χ1n) is 6.40. The lowest BCUT2D eigenvalue weighted by atomic mass is 10.2. The zero-order valence-electron chi connectivity index (χ0n) is 11.3. The topological polar surface area (TPSA) is 41.1 Å². The quantitative estimate of drug-likeness (QED) is 0.757. The van der Waals surface area contributed by atoms with Crippen LogP contribution in [0.5, 0.6) is 0 Å². The Bertz CT molecular complexity index is 424. The molecule has 19 heavy (non-hydrogen) atoms. The minimum atomic E-state index is -0.346. The molecule has 0 aliphatic rings. The summed E-state index contributed by atoms with van der Waals surface area (Å²) >= 11 is 5.90. The highest BCUT2D eigenvalue weighted by Gasteiger charge is 2.04. The maximum Gasteiger partial charge on any atom is 0.221 e. The average molecular weight is 287 g/mol. The van der Waals surface area contributed by atoms with E-state index in [2.05, 4.69) is 24.5 Å². The highest BCUT2D eigenvalue weighted by Crippen LogP contribution is 2.16. The summed E-state index contributed by atoms with van der Waals surface area (Å²) in [4.78, 5) is 11.4. The smallest absolute Gasteiger partial charge is 0.221 e. The molecule has 1 amide bonds. The van der Waals surface area contributed by atoms with Crippen molar-refractivity contribution in [3.8, 4) is 0 Å². The molecule has 0 atom stereocenters. The monoisotopic (exact) mass is 286 g/mol. The van der Waals surface area contributed by atoms with E-state index in [1.807, 2.05) is 0 Å². The van der Waals surface area contributed by atoms with Crippen LogP contribution in [0.4, 0.5) is 4.39 Å². The summed E-state index contributed by atoms with van der Waals surface area (Å²) in [6.45, 7) is 5.89. The predicted octanol–water partition coefficient (Wildman–Crippen LogP) is 2.73. The molecule has 2 N–H and O–H groups in total. The first-order valence-corrected chi connectivity index (χ1v) is 6.78. The lowest BCUT2D eigenvalue weighted by Crippen LogP contribution is -2.30. The fraction of sp³-hybridized carbons (Fsp3) is 0.500. The van der Waals surface area contributed by atoms with Gasteiger partial charge in [-0.05, 0) is 23.6 Å². The third-order valence-electron chi connectivity index (χ3n) is 2.57. The molecule has 0 aliphatic carbocycles. The van der Waals surface area contributed by atoms with E-state index in [-0.39, 0.29) is 11.7 Å². The third kappa shape index (κ3) is 6.55. The van der Waals surface area contributed by atoms with Gasteiger partial charge in [0.15, 0.2) is 0 Å². The molecule has 0 aromatic heterocycles. The second-order valence-corrected chi connectivity index (χ2v) is 5.27. The van der Waals surface area contributed by atoms with Crippen molar-refractivity contribution in [1.29, 1.82) is 0 Å². The predicted molar refractivity (Wildman–Crippen MR) is 75.6 cm³/mol. The van der Waals surface area contributed by atoms with Crippen molar-refractivity contribution >= 4 is 17.5 Å². The van der Waals surface area contributed by atoms with Crippen molar-refractivity contribution in [1.82, 2.24) is 10.6 Å². The minimum Gasteiger partial charge on any atom is -0.356 e. The van der Waals surface area contributed by atoms with E-state index in [0.717, 1.165) is 5.56 Å². The van der Waals surface area contributed by atoms with E-state index in [1.165, 1.54) is 12.1 Å². The van der Waals surface area contributed by atoms with E-state index < -0.39 is 0 Å². The number of benzene rings is 1. The summed E-state index contributed by atoms with van der Waals surface area (Å²) in [5, 5.41) is 6.36. The van der Waals surface area contributed by atoms with Crippen LogP contribution >= 0.6 is 11.6 Å². The molecule has 0 heterocycles. The van der Waals surface area contributed by atoms with E-state index in [9.17, 15) is 9.18 Å². The Labute approximate surface area is 118 Å². The van der Waals surface area contributed by atoms with Crippen LogP contribution in [0, 0.1) is 11.7 Å². The Morgan fingerprint density at radius 2 is 2.16 bits per heavy atom. The van der Waals surface area contributed by atoms with Gasteiger partial charge in [-0.25, -0.2) is 4.39 Å². The lowest BCUT2D eigenvalue weighted by Gasteiger charge is -2.09. The van der Waals surface area contributed by atoms with Crippen LogP contribution in [0.2, 0.25) is 5.02 Å². The Kier molecular flexibility index (Phi) is 6.81. The summed E-state index contributed by atoms with van der Waals surface area (Å²) in [5.74, 6) is 0.142. The summed E-state index contributed by atoms with van der Waals surface area (Å²) in [5.41, 5.74) is 0.825. The van der Waals surface area contributed by atoms with E-state index in [0.29, 0.717) is 37.0 Å². The van der Waals surface area contributed by atoms with Crippen molar-refractivity contribution < 1.29 is 9.18 Å². The Morgan fingerprint density at radius 1 is 1.42 bits per heavy atom. The van der Waals surface area contributed by atoms with Gasteiger partial charge in [0.05, 0.1) is 0 Å². The van der Waals surface area contributed by atoms with Crippen molar-refractivity contribution in [2.24, 2.45) is 5.92 Å². The highest BCUT2D eigenvalue weighted by atomic mass is 35.5. The molecule has 0 saturated carbocycles. The van der Waals surface area contributed by atoms with Gasteiger partial charge in [-0.3, -0.25) is 4.79 Å². The number of amides is 1. The van der Waals surface area contributed by atoms with Gasteiger partial charge >= 0.3 is 0 Å². The Morgan fingerprint density at radius 3 is 2.79 bits per heavy atom. The summed E-state index contributed by atoms with van der Waals surface area (Å²) < 4.78 is 12.8. The van der Waals surface area contributed by atoms with Crippen LogP contribution < -0.4 is 10.6 Å². The molecule has 0 unspecified atom stereocenters. The molecule has 106 valence electrons. The van der Waals surface area contributed by atoms with Crippen LogP contribution in [-0.4, -0.2) is 19.0 Å².